The molecule has 0 heterocycles. The van der Waals surface area contributed by atoms with E-state index in [0.717, 1.165) is 12.8 Å². The summed E-state index contributed by atoms with van der Waals surface area (Å²) in [5, 5.41) is 25.6. The molecule has 0 spiro atoms. The van der Waals surface area contributed by atoms with Crippen LogP contribution >= 0.6 is 0 Å². The lowest BCUT2D eigenvalue weighted by Crippen LogP contribution is -2.19. The van der Waals surface area contributed by atoms with Gasteiger partial charge in [-0.3, -0.25) is 4.79 Å². The molecule has 0 aromatic carbocycles. The maximum Gasteiger partial charge on any atom is 0.303 e. The first-order valence-electron chi connectivity index (χ1n) is 11.1. The molecule has 0 saturated heterocycles. The van der Waals surface area contributed by atoms with Crippen molar-refractivity contribution in [3.63, 3.8) is 0 Å². The highest BCUT2D eigenvalue weighted by Crippen LogP contribution is 2.12. The lowest BCUT2D eigenvalue weighted by atomic mass is 10.0. The van der Waals surface area contributed by atoms with Crippen molar-refractivity contribution in [2.45, 2.75) is 123 Å². The van der Waals surface area contributed by atoms with Crippen molar-refractivity contribution < 1.29 is 24.9 Å². The van der Waals surface area contributed by atoms with Crippen LogP contribution in [0.5, 0.6) is 0 Å². The third-order valence-electron chi connectivity index (χ3n) is 4.37. The van der Waals surface area contributed by atoms with Gasteiger partial charge in [-0.05, 0) is 20.3 Å². The molecule has 2 unspecified atom stereocenters. The molecule has 0 radical (unpaired) electrons. The zero-order valence-corrected chi connectivity index (χ0v) is 18.1. The second-order valence-corrected chi connectivity index (χ2v) is 7.56. The van der Waals surface area contributed by atoms with Crippen LogP contribution in [0.25, 0.3) is 0 Å². The molecule has 0 saturated carbocycles. The van der Waals surface area contributed by atoms with Gasteiger partial charge in [-0.25, -0.2) is 0 Å². The highest BCUT2D eigenvalue weighted by atomic mass is 16.5. The van der Waals surface area contributed by atoms with Gasteiger partial charge < -0.3 is 20.1 Å². The molecule has 3 N–H and O–H groups in total. The van der Waals surface area contributed by atoms with E-state index in [1.165, 1.54) is 70.6 Å². The molecule has 0 bridgehead atoms. The van der Waals surface area contributed by atoms with Crippen molar-refractivity contribution in [3.05, 3.63) is 0 Å². The minimum absolute atomic E-state index is 0.00667. The number of carbonyl (C=O) groups is 1. The number of aliphatic hydroxyl groups is 2. The van der Waals surface area contributed by atoms with Gasteiger partial charge in [0.25, 0.3) is 0 Å². The first kappa shape index (κ1) is 28.6. The van der Waals surface area contributed by atoms with E-state index in [0.29, 0.717) is 13.0 Å². The van der Waals surface area contributed by atoms with E-state index in [-0.39, 0.29) is 12.7 Å². The van der Waals surface area contributed by atoms with E-state index in [4.69, 9.17) is 20.1 Å². The maximum atomic E-state index is 10.3. The van der Waals surface area contributed by atoms with Crippen molar-refractivity contribution in [2.75, 3.05) is 13.2 Å². The van der Waals surface area contributed by atoms with Gasteiger partial charge in [-0.2, -0.15) is 0 Å². The lowest BCUT2D eigenvalue weighted by molar-refractivity contribution is -0.137. The van der Waals surface area contributed by atoms with E-state index >= 15 is 0 Å². The molecular formula is C22H46O5. The molecular weight excluding hydrogens is 344 g/mol. The Morgan fingerprint density at radius 1 is 0.815 bits per heavy atom. The average Bonchev–Trinajstić information content (AvgIpc) is 2.63. The van der Waals surface area contributed by atoms with Crippen LogP contribution in [-0.2, 0) is 9.53 Å². The third-order valence-corrected chi connectivity index (χ3v) is 4.37. The second kappa shape index (κ2) is 23.4. The number of hydrogen-bond acceptors (Lipinski definition) is 4. The fourth-order valence-electron chi connectivity index (χ4n) is 2.65. The number of aliphatic hydroxyl groups excluding tert-OH is 2. The predicted octanol–water partition coefficient (Wildman–Crippen LogP) is 5.32. The Bertz CT molecular complexity index is 294. The van der Waals surface area contributed by atoms with Crippen LogP contribution in [-0.4, -0.2) is 46.7 Å². The van der Waals surface area contributed by atoms with Gasteiger partial charge >= 0.3 is 5.97 Å². The third kappa shape index (κ3) is 30.3. The van der Waals surface area contributed by atoms with Crippen LogP contribution in [0.1, 0.15) is 111 Å². The Kier molecular flexibility index (Phi) is 24.7. The molecule has 164 valence electrons. The smallest absolute Gasteiger partial charge is 0.303 e. The van der Waals surface area contributed by atoms with Gasteiger partial charge in [-0.1, -0.05) is 84.0 Å². The molecule has 27 heavy (non-hydrogen) atoms. The van der Waals surface area contributed by atoms with E-state index in [2.05, 4.69) is 6.92 Å². The Morgan fingerprint density at radius 2 is 1.22 bits per heavy atom. The van der Waals surface area contributed by atoms with Crippen LogP contribution < -0.4 is 0 Å². The number of carboxylic acids is 1. The Morgan fingerprint density at radius 3 is 1.56 bits per heavy atom. The van der Waals surface area contributed by atoms with Gasteiger partial charge in [0.1, 0.15) is 0 Å². The summed E-state index contributed by atoms with van der Waals surface area (Å²) in [6, 6.07) is 0. The standard InChI is InChI=1S/C16H32O2.C6H14O3/c1-2-3-4-5-6-7-8-9-10-11-12-13-14-15-16(17)18;1-5(8)4-9-6(2)3-7/h2-15H2,1H3,(H,17,18);5-8H,3-4H2,1-2H3. The molecule has 0 amide bonds. The summed E-state index contributed by atoms with van der Waals surface area (Å²) in [5.41, 5.74) is 0. The summed E-state index contributed by atoms with van der Waals surface area (Å²) in [5.74, 6) is -0.655. The summed E-state index contributed by atoms with van der Waals surface area (Å²) < 4.78 is 4.95. The van der Waals surface area contributed by atoms with E-state index in [9.17, 15) is 4.79 Å². The van der Waals surface area contributed by atoms with Crippen LogP contribution in [0.15, 0.2) is 0 Å². The molecule has 5 nitrogen and oxygen atoms in total. The van der Waals surface area contributed by atoms with Gasteiger partial charge in [0.15, 0.2) is 0 Å². The first-order chi connectivity index (χ1) is 12.9. The fourth-order valence-corrected chi connectivity index (χ4v) is 2.65. The molecule has 0 aliphatic heterocycles. The molecule has 0 aliphatic rings. The SMILES string of the molecule is CC(O)COC(C)CO.CCCCCCCCCCCCCCCC(=O)O. The largest absolute Gasteiger partial charge is 0.481 e. The number of carboxylic acid groups (broad SMARTS) is 1. The Labute approximate surface area is 167 Å². The number of rotatable bonds is 18. The quantitative estimate of drug-likeness (QED) is 0.276. The predicted molar refractivity (Wildman–Crippen MR) is 112 cm³/mol. The Balaban J connectivity index is 0. The summed E-state index contributed by atoms with van der Waals surface area (Å²) in [6.45, 7) is 5.96. The molecule has 0 fully saturated rings. The molecule has 0 aromatic rings. The zero-order chi connectivity index (χ0) is 20.8. The number of hydrogen-bond donors (Lipinski definition) is 3. The van der Waals surface area contributed by atoms with Crippen LogP contribution in [0, 0.1) is 0 Å². The molecule has 5 heteroatoms. The van der Waals surface area contributed by atoms with Crippen LogP contribution in [0.2, 0.25) is 0 Å². The number of aliphatic carboxylic acids is 1. The van der Waals surface area contributed by atoms with E-state index in [1.54, 1.807) is 13.8 Å². The van der Waals surface area contributed by atoms with Crippen molar-refractivity contribution in [1.29, 1.82) is 0 Å². The molecule has 2 atom stereocenters. The maximum absolute atomic E-state index is 10.3. The van der Waals surface area contributed by atoms with Gasteiger partial charge in [0.05, 0.1) is 25.4 Å². The fraction of sp³-hybridized carbons (Fsp3) is 0.955. The average molecular weight is 391 g/mol. The second-order valence-electron chi connectivity index (χ2n) is 7.56. The van der Waals surface area contributed by atoms with Crippen molar-refractivity contribution in [2.24, 2.45) is 0 Å². The van der Waals surface area contributed by atoms with Crippen LogP contribution in [0.4, 0.5) is 0 Å². The van der Waals surface area contributed by atoms with E-state index < -0.39 is 12.1 Å². The minimum Gasteiger partial charge on any atom is -0.481 e. The highest BCUT2D eigenvalue weighted by molar-refractivity contribution is 5.66. The number of ether oxygens (including phenoxy) is 1. The van der Waals surface area contributed by atoms with Gasteiger partial charge in [0.2, 0.25) is 0 Å². The molecule has 0 rings (SSSR count). The van der Waals surface area contributed by atoms with Crippen molar-refractivity contribution in [3.8, 4) is 0 Å². The zero-order valence-electron chi connectivity index (χ0n) is 18.1. The minimum atomic E-state index is -0.655. The lowest BCUT2D eigenvalue weighted by Gasteiger charge is -2.10. The van der Waals surface area contributed by atoms with E-state index in [1.807, 2.05) is 0 Å². The first-order valence-corrected chi connectivity index (χ1v) is 11.1. The normalized spacial score (nSPS) is 12.9. The van der Waals surface area contributed by atoms with Gasteiger partial charge in [-0.15, -0.1) is 0 Å². The summed E-state index contributed by atoms with van der Waals surface area (Å²) >= 11 is 0. The monoisotopic (exact) mass is 390 g/mol. The van der Waals surface area contributed by atoms with Crippen molar-refractivity contribution >= 4 is 5.97 Å². The number of unbranched alkanes of at least 4 members (excludes halogenated alkanes) is 12. The Hall–Kier alpha value is -0.650. The van der Waals surface area contributed by atoms with Crippen molar-refractivity contribution in [1.82, 2.24) is 0 Å². The summed E-state index contributed by atoms with van der Waals surface area (Å²) in [4.78, 5) is 10.3. The topological polar surface area (TPSA) is 87.0 Å². The van der Waals surface area contributed by atoms with Crippen LogP contribution in [0.3, 0.4) is 0 Å². The molecule has 0 aromatic heterocycles. The summed E-state index contributed by atoms with van der Waals surface area (Å²) in [6.07, 6.45) is 16.7. The summed E-state index contributed by atoms with van der Waals surface area (Å²) in [7, 11) is 0. The molecule has 0 aliphatic carbocycles. The van der Waals surface area contributed by atoms with Gasteiger partial charge in [0, 0.05) is 6.42 Å². The highest BCUT2D eigenvalue weighted by Gasteiger charge is 2.01.